The molecule has 0 saturated carbocycles. The number of aldehydes is 1. The fourth-order valence-corrected chi connectivity index (χ4v) is 7.70. The van der Waals surface area contributed by atoms with Crippen LogP contribution >= 0.6 is 0 Å². The molecule has 3 N–H and O–H groups in total. The van der Waals surface area contributed by atoms with E-state index in [9.17, 15) is 4.79 Å². The fraction of sp³-hybridized carbons (Fsp3) is 0.446. The third-order valence-electron chi connectivity index (χ3n) is 11.8. The lowest BCUT2D eigenvalue weighted by Gasteiger charge is -2.37. The SMILES string of the molecule is CC(C)(C)[C@@H](N)c1nc(-c2ccccc2)cn1Cc1ccccc1.CC1(C)COC(CN[C@@H](c2nc(-c3ccccc3)cn2Cc2ccccc2)C(C)(C)C)CO1.CC1(C)OCC(C=O)CO1. The van der Waals surface area contributed by atoms with Crippen molar-refractivity contribution in [2.75, 3.05) is 33.0 Å². The number of aromatic nitrogens is 4. The number of carbonyl (C=O) groups is 1. The summed E-state index contributed by atoms with van der Waals surface area (Å²) < 4.78 is 27.0. The third kappa shape index (κ3) is 15.1. The van der Waals surface area contributed by atoms with Crippen LogP contribution in [0, 0.1) is 16.7 Å². The van der Waals surface area contributed by atoms with Crippen molar-refractivity contribution in [3.8, 4) is 22.5 Å². The average molecular weight is 911 g/mol. The van der Waals surface area contributed by atoms with Gasteiger partial charge in [-0.15, -0.1) is 0 Å². The van der Waals surface area contributed by atoms with Crippen LogP contribution < -0.4 is 11.1 Å². The number of nitrogens with zero attached hydrogens (tertiary/aromatic N) is 4. The highest BCUT2D eigenvalue weighted by Gasteiger charge is 2.34. The maximum absolute atomic E-state index is 10.2. The van der Waals surface area contributed by atoms with E-state index in [4.69, 9.17) is 34.6 Å². The molecule has 8 rings (SSSR count). The van der Waals surface area contributed by atoms with Crippen LogP contribution in [0.25, 0.3) is 22.5 Å². The van der Waals surface area contributed by atoms with Crippen molar-refractivity contribution in [1.29, 1.82) is 0 Å². The largest absolute Gasteiger partial charge is 0.372 e. The molecule has 2 aliphatic rings. The van der Waals surface area contributed by atoms with Gasteiger partial charge in [0.25, 0.3) is 0 Å². The van der Waals surface area contributed by atoms with Gasteiger partial charge in [-0.3, -0.25) is 0 Å². The lowest BCUT2D eigenvalue weighted by Crippen LogP contribution is -2.47. The van der Waals surface area contributed by atoms with E-state index in [2.05, 4.69) is 173 Å². The highest BCUT2D eigenvalue weighted by Crippen LogP contribution is 2.35. The Morgan fingerprint density at radius 3 is 1.52 bits per heavy atom. The topological polar surface area (TPSA) is 128 Å². The molecule has 67 heavy (non-hydrogen) atoms. The highest BCUT2D eigenvalue weighted by molar-refractivity contribution is 5.59. The molecule has 358 valence electrons. The molecule has 2 saturated heterocycles. The number of nitrogens with one attached hydrogen (secondary N) is 1. The zero-order valence-electron chi connectivity index (χ0n) is 41.4. The van der Waals surface area contributed by atoms with Gasteiger partial charge in [-0.25, -0.2) is 9.97 Å². The minimum atomic E-state index is -0.500. The second-order valence-corrected chi connectivity index (χ2v) is 20.9. The molecule has 0 aliphatic carbocycles. The molecule has 0 spiro atoms. The first-order valence-corrected chi connectivity index (χ1v) is 23.6. The number of rotatable bonds is 12. The van der Waals surface area contributed by atoms with Crippen molar-refractivity contribution in [3.63, 3.8) is 0 Å². The van der Waals surface area contributed by atoms with Crippen LogP contribution in [0.1, 0.15) is 104 Å². The van der Waals surface area contributed by atoms with Gasteiger partial charge in [-0.1, -0.05) is 163 Å². The number of imidazole rings is 2. The van der Waals surface area contributed by atoms with E-state index in [-0.39, 0.29) is 40.5 Å². The van der Waals surface area contributed by atoms with Crippen molar-refractivity contribution in [1.82, 2.24) is 24.4 Å². The van der Waals surface area contributed by atoms with Gasteiger partial charge in [0.1, 0.15) is 17.9 Å². The van der Waals surface area contributed by atoms with Crippen LogP contribution in [0.2, 0.25) is 0 Å². The minimum absolute atomic E-state index is 0.0361. The zero-order chi connectivity index (χ0) is 48.2. The molecule has 0 bridgehead atoms. The highest BCUT2D eigenvalue weighted by atomic mass is 16.7. The van der Waals surface area contributed by atoms with Crippen molar-refractivity contribution in [2.24, 2.45) is 22.5 Å². The van der Waals surface area contributed by atoms with Gasteiger partial charge >= 0.3 is 0 Å². The summed E-state index contributed by atoms with van der Waals surface area (Å²) in [6.07, 6.45) is 5.20. The second-order valence-electron chi connectivity index (χ2n) is 20.9. The van der Waals surface area contributed by atoms with Gasteiger partial charge in [0, 0.05) is 43.2 Å². The smallest absolute Gasteiger partial charge is 0.162 e. The molecule has 1 unspecified atom stereocenters. The Labute approximate surface area is 399 Å². The van der Waals surface area contributed by atoms with Gasteiger partial charge in [0.2, 0.25) is 0 Å². The molecule has 4 aromatic carbocycles. The first kappa shape index (κ1) is 51.1. The van der Waals surface area contributed by atoms with E-state index >= 15 is 0 Å². The third-order valence-corrected chi connectivity index (χ3v) is 11.8. The van der Waals surface area contributed by atoms with Crippen LogP contribution in [0.5, 0.6) is 0 Å². The number of nitrogens with two attached hydrogens (primary N) is 1. The molecule has 0 amide bonds. The number of carbonyl (C=O) groups excluding carboxylic acids is 1. The maximum atomic E-state index is 10.2. The number of ether oxygens (including phenoxy) is 4. The summed E-state index contributed by atoms with van der Waals surface area (Å²) in [5.41, 5.74) is 13.0. The standard InChI is InChI=1S/C28H37N3O2.C21H25N3.C7H12O3/c1-27(2,3)25(29-16-23-19-33-28(4,5)20-32-23)26-30-24(22-14-10-7-11-15-22)18-31(26)17-21-12-8-6-9-13-21;1-21(2,3)19(22)20-23-18(17-12-8-5-9-13-17)15-24(20)14-16-10-6-4-7-11-16;1-7(2)9-4-6(3-8)5-10-7/h6-15,18,23,25,29H,16-17,19-20H2,1-5H3;4-13,15,19H,14,22H2,1-3H3;3,6H,4-5H2,1-2H3/t23?,25-;19-;/m00./s1. The van der Waals surface area contributed by atoms with Crippen LogP contribution in [-0.4, -0.2) is 75.9 Å². The van der Waals surface area contributed by atoms with Gasteiger partial charge in [-0.2, -0.15) is 0 Å². The number of hydrogen-bond acceptors (Lipinski definition) is 9. The van der Waals surface area contributed by atoms with Gasteiger partial charge < -0.3 is 43.9 Å². The summed E-state index contributed by atoms with van der Waals surface area (Å²) in [7, 11) is 0. The molecule has 4 heterocycles. The monoisotopic (exact) mass is 911 g/mol. The molecule has 6 aromatic rings. The van der Waals surface area contributed by atoms with Crippen LogP contribution in [0.3, 0.4) is 0 Å². The molecule has 0 radical (unpaired) electrons. The van der Waals surface area contributed by atoms with Crippen LogP contribution in [0.15, 0.2) is 134 Å². The Hall–Kier alpha value is -5.27. The van der Waals surface area contributed by atoms with Gasteiger partial charge in [0.05, 0.1) is 67.5 Å². The summed E-state index contributed by atoms with van der Waals surface area (Å²) in [6.45, 7) is 25.5. The normalized spacial score (nSPS) is 18.1. The Kier molecular flexibility index (Phi) is 17.3. The quantitative estimate of drug-likeness (QED) is 0.115. The molecule has 11 heteroatoms. The first-order chi connectivity index (χ1) is 31.8. The van der Waals surface area contributed by atoms with Gasteiger partial charge in [-0.05, 0) is 49.7 Å². The maximum Gasteiger partial charge on any atom is 0.162 e. The van der Waals surface area contributed by atoms with E-state index in [1.807, 2.05) is 44.2 Å². The first-order valence-electron chi connectivity index (χ1n) is 23.6. The Morgan fingerprint density at radius 2 is 1.10 bits per heavy atom. The van der Waals surface area contributed by atoms with E-state index in [1.54, 1.807) is 0 Å². The summed E-state index contributed by atoms with van der Waals surface area (Å²) >= 11 is 0. The zero-order valence-corrected chi connectivity index (χ0v) is 41.4. The molecule has 2 aliphatic heterocycles. The predicted molar refractivity (Wildman–Crippen MR) is 268 cm³/mol. The Balaban J connectivity index is 0.000000189. The molecule has 11 nitrogen and oxygen atoms in total. The van der Waals surface area contributed by atoms with E-state index in [1.165, 1.54) is 11.1 Å². The van der Waals surface area contributed by atoms with Crippen molar-refractivity contribution in [3.05, 3.63) is 156 Å². The second kappa shape index (κ2) is 22.7. The molecule has 3 atom stereocenters. The molecule has 2 aromatic heterocycles. The molecular formula is C56H74N6O5. The Bertz CT molecular complexity index is 2380. The Morgan fingerprint density at radius 1 is 0.657 bits per heavy atom. The lowest BCUT2D eigenvalue weighted by molar-refractivity contribution is -0.256. The molecule has 2 fully saturated rings. The van der Waals surface area contributed by atoms with Crippen molar-refractivity contribution in [2.45, 2.75) is 112 Å². The van der Waals surface area contributed by atoms with Crippen LogP contribution in [0.4, 0.5) is 0 Å². The van der Waals surface area contributed by atoms with Crippen molar-refractivity contribution < 1.29 is 23.7 Å². The van der Waals surface area contributed by atoms with E-state index in [0.717, 1.165) is 60.1 Å². The summed E-state index contributed by atoms with van der Waals surface area (Å²) in [4.78, 5) is 20.3. The number of hydrogen-bond donors (Lipinski definition) is 2. The van der Waals surface area contributed by atoms with Gasteiger partial charge in [0.15, 0.2) is 5.79 Å². The summed E-state index contributed by atoms with van der Waals surface area (Å²) in [5, 5.41) is 3.78. The van der Waals surface area contributed by atoms with E-state index in [0.29, 0.717) is 26.4 Å². The lowest BCUT2D eigenvalue weighted by atomic mass is 9.86. The predicted octanol–water partition coefficient (Wildman–Crippen LogP) is 10.7. The summed E-state index contributed by atoms with van der Waals surface area (Å²) in [5.74, 6) is 1.40. The van der Waals surface area contributed by atoms with Crippen molar-refractivity contribution >= 4 is 6.29 Å². The number of benzene rings is 4. The minimum Gasteiger partial charge on any atom is -0.372 e. The molecular weight excluding hydrogens is 837 g/mol. The fourth-order valence-electron chi connectivity index (χ4n) is 7.70. The van der Waals surface area contributed by atoms with E-state index < -0.39 is 5.79 Å². The summed E-state index contributed by atoms with van der Waals surface area (Å²) in [6, 6.07) is 41.6. The van der Waals surface area contributed by atoms with Crippen LogP contribution in [-0.2, 0) is 36.8 Å². The average Bonchev–Trinajstić information content (AvgIpc) is 3.92.